The second-order valence-electron chi connectivity index (χ2n) is 5.06. The van der Waals surface area contributed by atoms with Gasteiger partial charge in [-0.1, -0.05) is 35.9 Å². The van der Waals surface area contributed by atoms with Crippen LogP contribution in [0.25, 0.3) is 10.9 Å². The van der Waals surface area contributed by atoms with Crippen LogP contribution in [0.2, 0.25) is 0 Å². The monoisotopic (exact) mass is 369 g/mol. The maximum atomic E-state index is 12.8. The number of hydrogen-bond donors (Lipinski definition) is 0. The average Bonchev–Trinajstić information content (AvgIpc) is 2.88. The molecule has 3 aromatic rings. The highest BCUT2D eigenvalue weighted by Crippen LogP contribution is 2.30. The van der Waals surface area contributed by atoms with Gasteiger partial charge in [-0.15, -0.1) is 0 Å². The second-order valence-corrected chi connectivity index (χ2v) is 9.41. The summed E-state index contributed by atoms with van der Waals surface area (Å²) >= 11 is 0. The van der Waals surface area contributed by atoms with Gasteiger partial charge in [0.2, 0.25) is 0 Å². The van der Waals surface area contributed by atoms with Crippen molar-refractivity contribution < 1.29 is 16.8 Å². The molecule has 0 bridgehead atoms. The highest BCUT2D eigenvalue weighted by molar-refractivity contribution is 8.14. The lowest BCUT2D eigenvalue weighted by atomic mass is 10.2. The van der Waals surface area contributed by atoms with Gasteiger partial charge < -0.3 is 0 Å². The van der Waals surface area contributed by atoms with Gasteiger partial charge in [-0.2, -0.15) is 0 Å². The standard InChI is InChI=1S/C15H12ClNO4S2/c1-11-6-8-12(9-7-11)23(20,21)17-10-15(22(16,18)19)13-4-2-3-5-14(13)17/h2-10H,1H3. The minimum Gasteiger partial charge on any atom is -0.240 e. The van der Waals surface area contributed by atoms with Crippen LogP contribution in [-0.4, -0.2) is 20.8 Å². The van der Waals surface area contributed by atoms with Crippen LogP contribution in [0, 0.1) is 6.92 Å². The molecule has 0 saturated carbocycles. The van der Waals surface area contributed by atoms with Crippen LogP contribution >= 0.6 is 10.7 Å². The molecular formula is C15H12ClNO4S2. The number of aromatic nitrogens is 1. The summed E-state index contributed by atoms with van der Waals surface area (Å²) in [5, 5.41) is 0.262. The lowest BCUT2D eigenvalue weighted by Crippen LogP contribution is -2.11. The first-order valence-corrected chi connectivity index (χ1v) is 10.3. The first kappa shape index (κ1) is 16.0. The van der Waals surface area contributed by atoms with Gasteiger partial charge >= 0.3 is 0 Å². The quantitative estimate of drug-likeness (QED) is 0.665. The zero-order valence-corrected chi connectivity index (χ0v) is 14.4. The van der Waals surface area contributed by atoms with Crippen LogP contribution in [0.5, 0.6) is 0 Å². The lowest BCUT2D eigenvalue weighted by molar-refractivity contribution is 0.589. The van der Waals surface area contributed by atoms with Crippen molar-refractivity contribution in [1.82, 2.24) is 3.97 Å². The second kappa shape index (κ2) is 5.36. The third kappa shape index (κ3) is 2.75. The number of aryl methyl sites for hydroxylation is 1. The zero-order valence-electron chi connectivity index (χ0n) is 12.0. The first-order chi connectivity index (χ1) is 10.7. The fourth-order valence-corrected chi connectivity index (χ4v) is 4.81. The molecule has 0 aliphatic carbocycles. The number of para-hydroxylation sites is 1. The van der Waals surface area contributed by atoms with Crippen LogP contribution in [0.1, 0.15) is 5.56 Å². The smallest absolute Gasteiger partial charge is 0.240 e. The van der Waals surface area contributed by atoms with Crippen molar-refractivity contribution in [2.24, 2.45) is 0 Å². The Balaban J connectivity index is 2.34. The summed E-state index contributed by atoms with van der Waals surface area (Å²) in [6.07, 6.45) is 1.04. The van der Waals surface area contributed by atoms with Gasteiger partial charge in [-0.3, -0.25) is 0 Å². The topological polar surface area (TPSA) is 73.2 Å². The molecule has 0 radical (unpaired) electrons. The molecule has 8 heteroatoms. The fraction of sp³-hybridized carbons (Fsp3) is 0.0667. The first-order valence-electron chi connectivity index (χ1n) is 6.58. The largest absolute Gasteiger partial charge is 0.268 e. The van der Waals surface area contributed by atoms with E-state index >= 15 is 0 Å². The molecule has 0 aliphatic heterocycles. The van der Waals surface area contributed by atoms with Gasteiger partial charge in [0.05, 0.1) is 10.4 Å². The maximum Gasteiger partial charge on any atom is 0.268 e. The predicted molar refractivity (Wildman–Crippen MR) is 88.7 cm³/mol. The Morgan fingerprint density at radius 2 is 1.52 bits per heavy atom. The highest BCUT2D eigenvalue weighted by Gasteiger charge is 2.25. The van der Waals surface area contributed by atoms with Crippen LogP contribution in [0.15, 0.2) is 64.5 Å². The van der Waals surface area contributed by atoms with Gasteiger partial charge in [0, 0.05) is 22.3 Å². The molecule has 0 fully saturated rings. The molecule has 1 aromatic heterocycles. The van der Waals surface area contributed by atoms with Crippen LogP contribution in [0.4, 0.5) is 0 Å². The summed E-state index contributed by atoms with van der Waals surface area (Å²) < 4.78 is 50.0. The van der Waals surface area contributed by atoms with E-state index in [1.54, 1.807) is 24.3 Å². The molecule has 0 unspecified atom stereocenters. The van der Waals surface area contributed by atoms with Crippen molar-refractivity contribution in [2.45, 2.75) is 16.7 Å². The maximum absolute atomic E-state index is 12.8. The Kier molecular flexibility index (Phi) is 3.74. The molecule has 120 valence electrons. The van der Waals surface area contributed by atoms with Crippen molar-refractivity contribution in [3.63, 3.8) is 0 Å². The van der Waals surface area contributed by atoms with E-state index in [1.165, 1.54) is 24.3 Å². The Labute approximate surface area is 138 Å². The van der Waals surface area contributed by atoms with E-state index in [9.17, 15) is 16.8 Å². The Bertz CT molecular complexity index is 1100. The summed E-state index contributed by atoms with van der Waals surface area (Å²) in [5.74, 6) is 0. The molecule has 2 aromatic carbocycles. The van der Waals surface area contributed by atoms with E-state index in [0.717, 1.165) is 15.7 Å². The summed E-state index contributed by atoms with van der Waals surface area (Å²) in [6, 6.07) is 12.6. The summed E-state index contributed by atoms with van der Waals surface area (Å²) in [4.78, 5) is -0.159. The van der Waals surface area contributed by atoms with E-state index in [1.807, 2.05) is 6.92 Å². The van der Waals surface area contributed by atoms with Crippen LogP contribution in [-0.2, 0) is 19.1 Å². The van der Waals surface area contributed by atoms with E-state index in [0.29, 0.717) is 0 Å². The van der Waals surface area contributed by atoms with Crippen LogP contribution < -0.4 is 0 Å². The van der Waals surface area contributed by atoms with Gasteiger partial charge in [-0.05, 0) is 25.1 Å². The molecule has 0 saturated heterocycles. The molecule has 3 rings (SSSR count). The molecule has 23 heavy (non-hydrogen) atoms. The average molecular weight is 370 g/mol. The molecule has 1 heterocycles. The Hall–Kier alpha value is -1.83. The third-order valence-corrected chi connectivity index (χ3v) is 6.52. The van der Waals surface area contributed by atoms with Crippen molar-refractivity contribution in [1.29, 1.82) is 0 Å². The number of halogens is 1. The minimum atomic E-state index is -4.07. The Morgan fingerprint density at radius 3 is 2.13 bits per heavy atom. The van der Waals surface area contributed by atoms with Gasteiger partial charge in [-0.25, -0.2) is 20.8 Å². The minimum absolute atomic E-state index is 0.0716. The molecule has 0 N–H and O–H groups in total. The molecule has 0 aliphatic rings. The molecule has 5 nitrogen and oxygen atoms in total. The van der Waals surface area contributed by atoms with E-state index < -0.39 is 19.1 Å². The van der Waals surface area contributed by atoms with Crippen molar-refractivity contribution in [3.05, 3.63) is 60.3 Å². The SMILES string of the molecule is Cc1ccc(S(=O)(=O)n2cc(S(=O)(=O)Cl)c3ccccc32)cc1. The summed E-state index contributed by atoms with van der Waals surface area (Å²) in [5.41, 5.74) is 1.18. The van der Waals surface area contributed by atoms with Gasteiger partial charge in [0.25, 0.3) is 19.1 Å². The third-order valence-electron chi connectivity index (χ3n) is 3.48. The molecule has 0 amide bonds. The molecule has 0 spiro atoms. The number of hydrogen-bond acceptors (Lipinski definition) is 4. The number of nitrogens with zero attached hydrogens (tertiary/aromatic N) is 1. The highest BCUT2D eigenvalue weighted by atomic mass is 35.7. The van der Waals surface area contributed by atoms with Crippen molar-refractivity contribution >= 4 is 40.7 Å². The molecule has 0 atom stereocenters. The van der Waals surface area contributed by atoms with E-state index in [-0.39, 0.29) is 20.7 Å². The van der Waals surface area contributed by atoms with E-state index in [4.69, 9.17) is 10.7 Å². The Morgan fingerprint density at radius 1 is 0.913 bits per heavy atom. The summed E-state index contributed by atoms with van der Waals surface area (Å²) in [6.45, 7) is 1.85. The van der Waals surface area contributed by atoms with Crippen LogP contribution in [0.3, 0.4) is 0 Å². The zero-order chi connectivity index (χ0) is 16.8. The summed E-state index contributed by atoms with van der Waals surface area (Å²) in [7, 11) is -2.57. The lowest BCUT2D eigenvalue weighted by Gasteiger charge is -2.07. The predicted octanol–water partition coefficient (Wildman–Crippen LogP) is 3.11. The van der Waals surface area contributed by atoms with Crippen molar-refractivity contribution in [2.75, 3.05) is 0 Å². The van der Waals surface area contributed by atoms with Crippen molar-refractivity contribution in [3.8, 4) is 0 Å². The number of fused-ring (bicyclic) bond motifs is 1. The van der Waals surface area contributed by atoms with E-state index in [2.05, 4.69) is 0 Å². The van der Waals surface area contributed by atoms with Gasteiger partial charge in [0.1, 0.15) is 4.90 Å². The number of rotatable bonds is 3. The van der Waals surface area contributed by atoms with Gasteiger partial charge in [0.15, 0.2) is 0 Å². The number of benzene rings is 2. The fourth-order valence-electron chi connectivity index (χ4n) is 2.34. The molecular weight excluding hydrogens is 358 g/mol. The normalized spacial score (nSPS) is 12.6.